The minimum Gasteiger partial charge on any atom is -0.206 e. The molecule has 180 valence electrons. The van der Waals surface area contributed by atoms with Gasteiger partial charge in [-0.1, -0.05) is 36.4 Å². The number of aryl methyl sites for hydroxylation is 3. The lowest BCUT2D eigenvalue weighted by molar-refractivity contribution is 0.445. The fraction of sp³-hybridized carbons (Fsp3) is 0.172. The SMILES string of the molecule is C/C=C/CCc1cc(F)c(-c2ccc3c(F)c(CCc4cc(F)c(F)c(F)c4)ccc3c2)c(F)c1. The van der Waals surface area contributed by atoms with Crippen LogP contribution in [0, 0.1) is 34.9 Å². The Morgan fingerprint density at radius 2 is 1.26 bits per heavy atom. The Kier molecular flexibility index (Phi) is 7.29. The summed E-state index contributed by atoms with van der Waals surface area (Å²) in [5.41, 5.74) is 1.18. The highest BCUT2D eigenvalue weighted by Crippen LogP contribution is 2.32. The molecule has 0 saturated carbocycles. The molecule has 0 aromatic heterocycles. The van der Waals surface area contributed by atoms with E-state index in [-0.39, 0.29) is 34.9 Å². The maximum atomic E-state index is 15.1. The van der Waals surface area contributed by atoms with Crippen molar-refractivity contribution in [3.05, 3.63) is 118 Å². The van der Waals surface area contributed by atoms with E-state index in [0.29, 0.717) is 29.4 Å². The summed E-state index contributed by atoms with van der Waals surface area (Å²) < 4.78 is 84.7. The van der Waals surface area contributed by atoms with Crippen LogP contribution in [-0.2, 0) is 19.3 Å². The van der Waals surface area contributed by atoms with Gasteiger partial charge in [-0.3, -0.25) is 0 Å². The van der Waals surface area contributed by atoms with Gasteiger partial charge in [-0.2, -0.15) is 0 Å². The predicted octanol–water partition coefficient (Wildman–Crippen LogP) is 8.64. The monoisotopic (exact) mass is 484 g/mol. The summed E-state index contributed by atoms with van der Waals surface area (Å²) in [7, 11) is 0. The molecule has 0 N–H and O–H groups in total. The quantitative estimate of drug-likeness (QED) is 0.140. The van der Waals surface area contributed by atoms with Crippen LogP contribution in [-0.4, -0.2) is 0 Å². The van der Waals surface area contributed by atoms with Crippen LogP contribution in [0.2, 0.25) is 0 Å². The van der Waals surface area contributed by atoms with Crippen molar-refractivity contribution in [2.45, 2.75) is 32.6 Å². The van der Waals surface area contributed by atoms with Crippen LogP contribution in [0.4, 0.5) is 26.3 Å². The van der Waals surface area contributed by atoms with Gasteiger partial charge in [0.2, 0.25) is 0 Å². The van der Waals surface area contributed by atoms with Crippen LogP contribution in [0.25, 0.3) is 21.9 Å². The molecule has 0 bridgehead atoms. The molecule has 0 aliphatic rings. The highest BCUT2D eigenvalue weighted by molar-refractivity contribution is 5.88. The molecule has 6 heteroatoms. The number of hydrogen-bond donors (Lipinski definition) is 0. The van der Waals surface area contributed by atoms with E-state index in [1.165, 1.54) is 36.4 Å². The van der Waals surface area contributed by atoms with Gasteiger partial charge in [-0.15, -0.1) is 0 Å². The van der Waals surface area contributed by atoms with E-state index in [4.69, 9.17) is 0 Å². The third kappa shape index (κ3) is 5.26. The average Bonchev–Trinajstić information content (AvgIpc) is 2.82. The third-order valence-electron chi connectivity index (χ3n) is 5.99. The summed E-state index contributed by atoms with van der Waals surface area (Å²) >= 11 is 0. The van der Waals surface area contributed by atoms with Gasteiger partial charge in [0.15, 0.2) is 17.5 Å². The molecule has 4 rings (SSSR count). The second-order valence-corrected chi connectivity index (χ2v) is 8.39. The fourth-order valence-electron chi connectivity index (χ4n) is 4.18. The number of halogens is 6. The molecule has 0 unspecified atom stereocenters. The molecule has 0 spiro atoms. The fourth-order valence-corrected chi connectivity index (χ4v) is 4.18. The zero-order chi connectivity index (χ0) is 25.1. The molecule has 0 atom stereocenters. The Labute approximate surface area is 199 Å². The minimum atomic E-state index is -1.54. The standard InChI is InChI=1S/C29H22F6/c1-2-3-4-5-17-12-23(30)27(24(31)13-17)21-10-11-22-20(16-21)9-8-19(28(22)34)7-6-18-14-25(32)29(35)26(33)15-18/h2-3,8-16H,4-7H2,1H3/b3-2+. The second-order valence-electron chi connectivity index (χ2n) is 8.39. The van der Waals surface area contributed by atoms with Gasteiger partial charge in [0.05, 0.1) is 5.56 Å². The summed E-state index contributed by atoms with van der Waals surface area (Å²) in [6.45, 7) is 1.88. The first-order chi connectivity index (χ1) is 16.8. The van der Waals surface area contributed by atoms with Crippen LogP contribution in [0.15, 0.2) is 66.7 Å². The first kappa shape index (κ1) is 24.6. The van der Waals surface area contributed by atoms with Gasteiger partial charge in [-0.25, -0.2) is 26.3 Å². The van der Waals surface area contributed by atoms with Crippen LogP contribution < -0.4 is 0 Å². The molecule has 0 nitrogen and oxygen atoms in total. The smallest absolute Gasteiger partial charge is 0.194 e. The van der Waals surface area contributed by atoms with Crippen molar-refractivity contribution in [1.82, 2.24) is 0 Å². The number of allylic oxidation sites excluding steroid dienone is 2. The van der Waals surface area contributed by atoms with Crippen LogP contribution in [0.1, 0.15) is 30.0 Å². The van der Waals surface area contributed by atoms with Gasteiger partial charge < -0.3 is 0 Å². The molecular weight excluding hydrogens is 462 g/mol. The van der Waals surface area contributed by atoms with E-state index in [0.717, 1.165) is 12.1 Å². The zero-order valence-corrected chi connectivity index (χ0v) is 18.9. The number of rotatable bonds is 7. The van der Waals surface area contributed by atoms with Gasteiger partial charge in [0.25, 0.3) is 0 Å². The maximum absolute atomic E-state index is 15.1. The van der Waals surface area contributed by atoms with E-state index < -0.39 is 34.9 Å². The van der Waals surface area contributed by atoms with E-state index >= 15 is 4.39 Å². The largest absolute Gasteiger partial charge is 0.206 e. The molecule has 0 fully saturated rings. The van der Waals surface area contributed by atoms with Gasteiger partial charge in [0, 0.05) is 5.39 Å². The van der Waals surface area contributed by atoms with Crippen molar-refractivity contribution < 1.29 is 26.3 Å². The molecule has 35 heavy (non-hydrogen) atoms. The Morgan fingerprint density at radius 3 is 1.91 bits per heavy atom. The van der Waals surface area contributed by atoms with Gasteiger partial charge >= 0.3 is 0 Å². The lowest BCUT2D eigenvalue weighted by Gasteiger charge is -2.11. The Balaban J connectivity index is 1.60. The molecule has 0 heterocycles. The summed E-state index contributed by atoms with van der Waals surface area (Å²) in [6.07, 6.45) is 5.23. The van der Waals surface area contributed by atoms with E-state index in [2.05, 4.69) is 0 Å². The molecule has 0 amide bonds. The highest BCUT2D eigenvalue weighted by atomic mass is 19.2. The highest BCUT2D eigenvalue weighted by Gasteiger charge is 2.16. The lowest BCUT2D eigenvalue weighted by atomic mass is 9.95. The van der Waals surface area contributed by atoms with E-state index in [9.17, 15) is 22.0 Å². The van der Waals surface area contributed by atoms with Crippen molar-refractivity contribution in [2.24, 2.45) is 0 Å². The Morgan fingerprint density at radius 1 is 0.629 bits per heavy atom. The summed E-state index contributed by atoms with van der Waals surface area (Å²) in [5, 5.41) is 0.713. The topological polar surface area (TPSA) is 0 Å². The van der Waals surface area contributed by atoms with Crippen LogP contribution in [0.5, 0.6) is 0 Å². The molecule has 4 aromatic carbocycles. The summed E-state index contributed by atoms with van der Waals surface area (Å²) in [6, 6.07) is 12.0. The number of fused-ring (bicyclic) bond motifs is 1. The first-order valence-corrected chi connectivity index (χ1v) is 11.2. The first-order valence-electron chi connectivity index (χ1n) is 11.2. The van der Waals surface area contributed by atoms with Crippen molar-refractivity contribution in [2.75, 3.05) is 0 Å². The summed E-state index contributed by atoms with van der Waals surface area (Å²) in [4.78, 5) is 0. The second kappa shape index (κ2) is 10.4. The van der Waals surface area contributed by atoms with Crippen molar-refractivity contribution >= 4 is 10.8 Å². The predicted molar refractivity (Wildman–Crippen MR) is 126 cm³/mol. The van der Waals surface area contributed by atoms with Gasteiger partial charge in [-0.05, 0) is 90.6 Å². The molecule has 0 saturated heterocycles. The summed E-state index contributed by atoms with van der Waals surface area (Å²) in [5.74, 6) is -6.03. The molecule has 0 radical (unpaired) electrons. The average molecular weight is 484 g/mol. The van der Waals surface area contributed by atoms with Crippen molar-refractivity contribution in [3.63, 3.8) is 0 Å². The van der Waals surface area contributed by atoms with Crippen LogP contribution in [0.3, 0.4) is 0 Å². The van der Waals surface area contributed by atoms with Crippen molar-refractivity contribution in [3.8, 4) is 11.1 Å². The third-order valence-corrected chi connectivity index (χ3v) is 5.99. The normalized spacial score (nSPS) is 11.6. The molecular formula is C29H22F6. The molecule has 4 aromatic rings. The molecule has 0 aliphatic carbocycles. The lowest BCUT2D eigenvalue weighted by Crippen LogP contribution is -1.99. The maximum Gasteiger partial charge on any atom is 0.194 e. The van der Waals surface area contributed by atoms with Crippen LogP contribution >= 0.6 is 0 Å². The molecule has 0 aliphatic heterocycles. The van der Waals surface area contributed by atoms with E-state index in [1.54, 1.807) is 6.07 Å². The Hall–Kier alpha value is -3.54. The van der Waals surface area contributed by atoms with E-state index in [1.807, 2.05) is 19.1 Å². The number of hydrogen-bond acceptors (Lipinski definition) is 0. The zero-order valence-electron chi connectivity index (χ0n) is 18.9. The van der Waals surface area contributed by atoms with Gasteiger partial charge in [0.1, 0.15) is 17.5 Å². The van der Waals surface area contributed by atoms with Crippen molar-refractivity contribution in [1.29, 1.82) is 0 Å². The Bertz CT molecular complexity index is 1370. The number of benzene rings is 4. The minimum absolute atomic E-state index is 0.103.